The van der Waals surface area contributed by atoms with E-state index in [1.54, 1.807) is 0 Å². The molecule has 0 aliphatic rings. The molecule has 1 aromatic heterocycles. The minimum Gasteiger partial charge on any atom is -0.305 e. The average molecular weight is 240 g/mol. The molecule has 1 atom stereocenters. The van der Waals surface area contributed by atoms with Gasteiger partial charge in [-0.05, 0) is 49.6 Å². The Morgan fingerprint density at radius 3 is 2.67 bits per heavy atom. The molecular weight excluding hydrogens is 220 g/mol. The average Bonchev–Trinajstić information content (AvgIpc) is 2.41. The Morgan fingerprint density at radius 1 is 1.11 bits per heavy atom. The fraction of sp³-hybridized carbons (Fsp3) is 0.312. The summed E-state index contributed by atoms with van der Waals surface area (Å²) >= 11 is 0. The summed E-state index contributed by atoms with van der Waals surface area (Å²) in [6.07, 6.45) is 1.84. The monoisotopic (exact) mass is 240 g/mol. The van der Waals surface area contributed by atoms with E-state index in [-0.39, 0.29) is 6.04 Å². The highest BCUT2D eigenvalue weighted by molar-refractivity contribution is 5.33. The minimum atomic E-state index is 0.270. The maximum atomic E-state index is 4.37. The number of rotatable bonds is 4. The highest BCUT2D eigenvalue weighted by atomic mass is 14.9. The SMILES string of the molecule is Cc1cccc(CN[C@@H](C)c2ccccn2)c1C. The van der Waals surface area contributed by atoms with Gasteiger partial charge in [0.05, 0.1) is 5.69 Å². The Morgan fingerprint density at radius 2 is 1.94 bits per heavy atom. The number of nitrogens with zero attached hydrogens (tertiary/aromatic N) is 1. The predicted octanol–water partition coefficient (Wildman–Crippen LogP) is 3.55. The van der Waals surface area contributed by atoms with Gasteiger partial charge in [-0.2, -0.15) is 0 Å². The lowest BCUT2D eigenvalue weighted by Gasteiger charge is -2.15. The van der Waals surface area contributed by atoms with Crippen molar-refractivity contribution in [2.45, 2.75) is 33.4 Å². The Labute approximate surface area is 109 Å². The molecule has 0 aliphatic carbocycles. The van der Waals surface area contributed by atoms with Crippen LogP contribution >= 0.6 is 0 Å². The van der Waals surface area contributed by atoms with Crippen molar-refractivity contribution in [1.82, 2.24) is 10.3 Å². The second kappa shape index (κ2) is 5.78. The van der Waals surface area contributed by atoms with E-state index in [2.05, 4.69) is 55.3 Å². The molecule has 2 aromatic rings. The maximum Gasteiger partial charge on any atom is 0.0570 e. The van der Waals surface area contributed by atoms with Crippen LogP contribution in [-0.2, 0) is 6.54 Å². The smallest absolute Gasteiger partial charge is 0.0570 e. The van der Waals surface area contributed by atoms with Crippen molar-refractivity contribution in [3.8, 4) is 0 Å². The second-order valence-corrected chi connectivity index (χ2v) is 4.72. The summed E-state index contributed by atoms with van der Waals surface area (Å²) in [5, 5.41) is 3.52. The highest BCUT2D eigenvalue weighted by Crippen LogP contribution is 2.14. The lowest BCUT2D eigenvalue weighted by Crippen LogP contribution is -2.19. The third kappa shape index (κ3) is 2.96. The van der Waals surface area contributed by atoms with Gasteiger partial charge < -0.3 is 5.32 Å². The number of hydrogen-bond donors (Lipinski definition) is 1. The first kappa shape index (κ1) is 12.8. The topological polar surface area (TPSA) is 24.9 Å². The first-order chi connectivity index (χ1) is 8.68. The van der Waals surface area contributed by atoms with E-state index in [9.17, 15) is 0 Å². The molecule has 0 amide bonds. The van der Waals surface area contributed by atoms with Gasteiger partial charge in [-0.15, -0.1) is 0 Å². The number of nitrogens with one attached hydrogen (secondary N) is 1. The third-order valence-electron chi connectivity index (χ3n) is 3.45. The van der Waals surface area contributed by atoms with Crippen LogP contribution in [-0.4, -0.2) is 4.98 Å². The molecule has 0 saturated heterocycles. The molecule has 0 saturated carbocycles. The van der Waals surface area contributed by atoms with Crippen LogP contribution in [0.4, 0.5) is 0 Å². The van der Waals surface area contributed by atoms with Crippen LogP contribution in [0.25, 0.3) is 0 Å². The molecule has 2 rings (SSSR count). The van der Waals surface area contributed by atoms with Crippen LogP contribution in [0.3, 0.4) is 0 Å². The molecule has 1 N–H and O–H groups in total. The number of aromatic nitrogens is 1. The fourth-order valence-corrected chi connectivity index (χ4v) is 2.00. The molecule has 0 spiro atoms. The van der Waals surface area contributed by atoms with Crippen molar-refractivity contribution in [3.05, 3.63) is 65.0 Å². The van der Waals surface area contributed by atoms with E-state index in [0.29, 0.717) is 0 Å². The molecule has 2 nitrogen and oxygen atoms in total. The molecule has 2 heteroatoms. The first-order valence-corrected chi connectivity index (χ1v) is 6.38. The van der Waals surface area contributed by atoms with Crippen LogP contribution in [0, 0.1) is 13.8 Å². The molecule has 0 fully saturated rings. The Balaban J connectivity index is 2.02. The van der Waals surface area contributed by atoms with Crippen LogP contribution in [0.5, 0.6) is 0 Å². The van der Waals surface area contributed by atoms with Crippen molar-refractivity contribution >= 4 is 0 Å². The molecular formula is C16H20N2. The highest BCUT2D eigenvalue weighted by Gasteiger charge is 2.06. The summed E-state index contributed by atoms with van der Waals surface area (Å²) in [4.78, 5) is 4.37. The van der Waals surface area contributed by atoms with Gasteiger partial charge >= 0.3 is 0 Å². The molecule has 0 radical (unpaired) electrons. The molecule has 1 aromatic carbocycles. The third-order valence-corrected chi connectivity index (χ3v) is 3.45. The Kier molecular flexibility index (Phi) is 4.11. The lowest BCUT2D eigenvalue weighted by atomic mass is 10.0. The quantitative estimate of drug-likeness (QED) is 0.884. The van der Waals surface area contributed by atoms with Crippen LogP contribution < -0.4 is 5.32 Å². The van der Waals surface area contributed by atoms with E-state index in [1.165, 1.54) is 16.7 Å². The molecule has 94 valence electrons. The molecule has 18 heavy (non-hydrogen) atoms. The number of hydrogen-bond acceptors (Lipinski definition) is 2. The zero-order valence-electron chi connectivity index (χ0n) is 11.3. The van der Waals surface area contributed by atoms with Gasteiger partial charge in [0, 0.05) is 18.8 Å². The van der Waals surface area contributed by atoms with Gasteiger partial charge in [-0.25, -0.2) is 0 Å². The number of pyridine rings is 1. The zero-order valence-corrected chi connectivity index (χ0v) is 11.3. The van der Waals surface area contributed by atoms with Crippen LogP contribution in [0.1, 0.15) is 35.3 Å². The molecule has 0 bridgehead atoms. The standard InChI is InChI=1S/C16H20N2/c1-12-7-6-8-15(13(12)2)11-18-14(3)16-9-4-5-10-17-16/h4-10,14,18H,11H2,1-3H3/t14-/m0/s1. The minimum absolute atomic E-state index is 0.270. The van der Waals surface area contributed by atoms with Gasteiger partial charge in [-0.1, -0.05) is 24.3 Å². The van der Waals surface area contributed by atoms with Gasteiger partial charge in [0.2, 0.25) is 0 Å². The number of benzene rings is 1. The predicted molar refractivity (Wildman–Crippen MR) is 75.4 cm³/mol. The van der Waals surface area contributed by atoms with Crippen molar-refractivity contribution in [2.75, 3.05) is 0 Å². The summed E-state index contributed by atoms with van der Waals surface area (Å²) in [6, 6.07) is 12.7. The largest absolute Gasteiger partial charge is 0.305 e. The van der Waals surface area contributed by atoms with Crippen LogP contribution in [0.2, 0.25) is 0 Å². The normalized spacial score (nSPS) is 12.4. The number of aryl methyl sites for hydroxylation is 1. The van der Waals surface area contributed by atoms with E-state index < -0.39 is 0 Å². The molecule has 0 aliphatic heterocycles. The first-order valence-electron chi connectivity index (χ1n) is 6.38. The maximum absolute atomic E-state index is 4.37. The van der Waals surface area contributed by atoms with Gasteiger partial charge in [0.15, 0.2) is 0 Å². The van der Waals surface area contributed by atoms with Crippen molar-refractivity contribution in [3.63, 3.8) is 0 Å². The summed E-state index contributed by atoms with van der Waals surface area (Å²) in [6.45, 7) is 7.36. The van der Waals surface area contributed by atoms with E-state index in [4.69, 9.17) is 0 Å². The Bertz CT molecular complexity index is 506. The van der Waals surface area contributed by atoms with E-state index in [1.807, 2.05) is 18.3 Å². The molecule has 1 heterocycles. The summed E-state index contributed by atoms with van der Waals surface area (Å²) < 4.78 is 0. The van der Waals surface area contributed by atoms with Gasteiger partial charge in [0.1, 0.15) is 0 Å². The summed E-state index contributed by atoms with van der Waals surface area (Å²) in [5.74, 6) is 0. The van der Waals surface area contributed by atoms with Crippen molar-refractivity contribution < 1.29 is 0 Å². The van der Waals surface area contributed by atoms with E-state index >= 15 is 0 Å². The molecule has 0 unspecified atom stereocenters. The lowest BCUT2D eigenvalue weighted by molar-refractivity contribution is 0.560. The van der Waals surface area contributed by atoms with Gasteiger partial charge in [-0.3, -0.25) is 4.98 Å². The van der Waals surface area contributed by atoms with Crippen molar-refractivity contribution in [2.24, 2.45) is 0 Å². The van der Waals surface area contributed by atoms with Crippen molar-refractivity contribution in [1.29, 1.82) is 0 Å². The zero-order chi connectivity index (χ0) is 13.0. The van der Waals surface area contributed by atoms with Crippen LogP contribution in [0.15, 0.2) is 42.6 Å². The summed E-state index contributed by atoms with van der Waals surface area (Å²) in [7, 11) is 0. The Hall–Kier alpha value is -1.67. The van der Waals surface area contributed by atoms with E-state index in [0.717, 1.165) is 12.2 Å². The second-order valence-electron chi connectivity index (χ2n) is 4.72. The van der Waals surface area contributed by atoms with Gasteiger partial charge in [0.25, 0.3) is 0 Å². The fourth-order valence-electron chi connectivity index (χ4n) is 2.00. The summed E-state index contributed by atoms with van der Waals surface area (Å²) in [5.41, 5.74) is 5.17.